The van der Waals surface area contributed by atoms with Gasteiger partial charge in [0.05, 0.1) is 24.9 Å². The Labute approximate surface area is 190 Å². The van der Waals surface area contributed by atoms with Gasteiger partial charge in [-0.1, -0.05) is 6.07 Å². The number of aliphatic carboxylic acids is 1. The van der Waals surface area contributed by atoms with Crippen molar-refractivity contribution in [1.82, 2.24) is 15.3 Å². The molecule has 8 heteroatoms. The highest BCUT2D eigenvalue weighted by molar-refractivity contribution is 5.68. The zero-order valence-electron chi connectivity index (χ0n) is 18.1. The van der Waals surface area contributed by atoms with E-state index >= 15 is 0 Å². The first-order valence-corrected chi connectivity index (χ1v) is 10.9. The van der Waals surface area contributed by atoms with E-state index in [9.17, 15) is 13.6 Å². The minimum atomic E-state index is -0.769. The summed E-state index contributed by atoms with van der Waals surface area (Å²) in [6.45, 7) is 1.35. The van der Waals surface area contributed by atoms with Gasteiger partial charge in [0.15, 0.2) is 11.6 Å². The maximum absolute atomic E-state index is 14.1. The van der Waals surface area contributed by atoms with E-state index in [0.717, 1.165) is 42.3 Å². The average Bonchev–Trinajstić information content (AvgIpc) is 3.19. The molecule has 172 valence electrons. The number of hydrogen-bond acceptors (Lipinski definition) is 5. The number of carbonyl (C=O) groups is 1. The molecule has 2 aromatic carbocycles. The minimum Gasteiger partial charge on any atom is -0.494 e. The molecule has 0 amide bonds. The molecule has 0 saturated heterocycles. The second-order valence-electron chi connectivity index (χ2n) is 8.07. The molecule has 1 aromatic heterocycles. The first kappa shape index (κ1) is 22.8. The third kappa shape index (κ3) is 5.90. The number of nitrogens with one attached hydrogen (secondary N) is 1. The summed E-state index contributed by atoms with van der Waals surface area (Å²) < 4.78 is 33.0. The van der Waals surface area contributed by atoms with E-state index in [1.165, 1.54) is 12.1 Å². The lowest BCUT2D eigenvalue weighted by molar-refractivity contribution is -0.137. The number of halogens is 2. The average molecular weight is 453 g/mol. The molecule has 4 rings (SSSR count). The summed E-state index contributed by atoms with van der Waals surface area (Å²) in [5, 5.41) is 12.2. The topological polar surface area (TPSA) is 84.3 Å². The van der Waals surface area contributed by atoms with Crippen LogP contribution in [0.5, 0.6) is 5.75 Å². The Morgan fingerprint density at radius 1 is 1.18 bits per heavy atom. The van der Waals surface area contributed by atoms with Gasteiger partial charge >= 0.3 is 5.97 Å². The van der Waals surface area contributed by atoms with Crippen molar-refractivity contribution in [3.63, 3.8) is 0 Å². The number of aromatic nitrogens is 2. The quantitative estimate of drug-likeness (QED) is 0.440. The largest absolute Gasteiger partial charge is 0.494 e. The lowest BCUT2D eigenvalue weighted by atomic mass is 9.98. The first-order chi connectivity index (χ1) is 16.0. The van der Waals surface area contributed by atoms with Crippen molar-refractivity contribution in [3.05, 3.63) is 77.1 Å². The summed E-state index contributed by atoms with van der Waals surface area (Å²) in [5.74, 6) is -0.416. The minimum absolute atomic E-state index is 0.0847. The maximum atomic E-state index is 14.1. The van der Waals surface area contributed by atoms with Gasteiger partial charge in [0.1, 0.15) is 11.6 Å². The van der Waals surface area contributed by atoms with Crippen molar-refractivity contribution < 1.29 is 23.4 Å². The molecular formula is C25H25F2N3O3. The van der Waals surface area contributed by atoms with E-state index < -0.39 is 11.8 Å². The second-order valence-corrected chi connectivity index (χ2v) is 8.07. The van der Waals surface area contributed by atoms with Crippen LogP contribution in [0.1, 0.15) is 42.0 Å². The lowest BCUT2D eigenvalue weighted by Crippen LogP contribution is -2.19. The monoisotopic (exact) mass is 453 g/mol. The van der Waals surface area contributed by atoms with Gasteiger partial charge in [-0.2, -0.15) is 0 Å². The molecule has 2 N–H and O–H groups in total. The van der Waals surface area contributed by atoms with Crippen molar-refractivity contribution in [2.75, 3.05) is 13.2 Å². The van der Waals surface area contributed by atoms with Crippen LogP contribution in [0, 0.1) is 11.6 Å². The van der Waals surface area contributed by atoms with Crippen LogP contribution in [0.25, 0.3) is 11.4 Å². The fourth-order valence-corrected chi connectivity index (χ4v) is 4.05. The van der Waals surface area contributed by atoms with Gasteiger partial charge in [-0.25, -0.2) is 18.7 Å². The molecular weight excluding hydrogens is 428 g/mol. The Kier molecular flexibility index (Phi) is 7.24. The summed E-state index contributed by atoms with van der Waals surface area (Å²) in [6, 6.07) is 11.6. The van der Waals surface area contributed by atoms with E-state index in [2.05, 4.69) is 15.3 Å². The zero-order valence-corrected chi connectivity index (χ0v) is 18.1. The van der Waals surface area contributed by atoms with Gasteiger partial charge in [-0.05, 0) is 79.3 Å². The van der Waals surface area contributed by atoms with Crippen LogP contribution in [0.15, 0.2) is 48.7 Å². The predicted octanol–water partition coefficient (Wildman–Crippen LogP) is 4.49. The van der Waals surface area contributed by atoms with E-state index in [1.807, 2.05) is 18.2 Å². The first-order valence-electron chi connectivity index (χ1n) is 10.9. The third-order valence-corrected chi connectivity index (χ3v) is 5.72. The molecule has 0 radical (unpaired) electrons. The summed E-state index contributed by atoms with van der Waals surface area (Å²) in [5.41, 5.74) is 3.14. The predicted molar refractivity (Wildman–Crippen MR) is 119 cm³/mol. The van der Waals surface area contributed by atoms with Crippen LogP contribution >= 0.6 is 0 Å². The van der Waals surface area contributed by atoms with Crippen LogP contribution in [-0.2, 0) is 17.8 Å². The highest BCUT2D eigenvalue weighted by Crippen LogP contribution is 2.37. The highest BCUT2D eigenvalue weighted by Gasteiger charge is 2.24. The van der Waals surface area contributed by atoms with E-state index in [4.69, 9.17) is 9.84 Å². The van der Waals surface area contributed by atoms with Crippen LogP contribution in [0.3, 0.4) is 0 Å². The fourth-order valence-electron chi connectivity index (χ4n) is 4.05. The molecule has 0 aliphatic heterocycles. The number of ether oxygens (including phenoxy) is 1. The van der Waals surface area contributed by atoms with E-state index in [1.54, 1.807) is 12.1 Å². The number of rotatable bonds is 10. The molecule has 1 heterocycles. The molecule has 0 saturated carbocycles. The van der Waals surface area contributed by atoms with Crippen LogP contribution < -0.4 is 10.1 Å². The fraction of sp³-hybridized carbons (Fsp3) is 0.320. The van der Waals surface area contributed by atoms with Crippen LogP contribution in [-0.4, -0.2) is 34.2 Å². The number of aryl methyl sites for hydroxylation is 1. The molecule has 1 atom stereocenters. The van der Waals surface area contributed by atoms with Gasteiger partial charge in [0.2, 0.25) is 0 Å². The van der Waals surface area contributed by atoms with E-state index in [-0.39, 0.29) is 30.4 Å². The number of hydrogen-bond donors (Lipinski definition) is 2. The second kappa shape index (κ2) is 10.5. The Morgan fingerprint density at radius 2 is 2.00 bits per heavy atom. The number of carboxylic acids is 1. The number of carboxylic acid groups (broad SMARTS) is 1. The van der Waals surface area contributed by atoms with Crippen molar-refractivity contribution in [3.8, 4) is 17.1 Å². The summed E-state index contributed by atoms with van der Waals surface area (Å²) in [4.78, 5) is 19.2. The van der Waals surface area contributed by atoms with Gasteiger partial charge in [0, 0.05) is 12.1 Å². The van der Waals surface area contributed by atoms with Gasteiger partial charge in [-0.15, -0.1) is 0 Å². The molecule has 6 nitrogen and oxygen atoms in total. The van der Waals surface area contributed by atoms with Crippen LogP contribution in [0.4, 0.5) is 8.78 Å². The zero-order chi connectivity index (χ0) is 23.2. The molecule has 33 heavy (non-hydrogen) atoms. The maximum Gasteiger partial charge on any atom is 0.303 e. The molecule has 1 aliphatic carbocycles. The Balaban J connectivity index is 1.22. The van der Waals surface area contributed by atoms with Crippen LogP contribution in [0.2, 0.25) is 0 Å². The standard InChI is InChI=1S/C25H25F2N3O3/c26-19-6-4-16(5-7-19)25-29-14-22(27)23(30-25)15-28-10-1-11-33-20-8-9-21-17(12-20)2-3-18(21)13-24(31)32/h4-9,12,14,18,28H,1-3,10-11,13,15H2,(H,31,32)/t18-/m0/s1. The summed E-state index contributed by atoms with van der Waals surface area (Å²) in [7, 11) is 0. The number of fused-ring (bicyclic) bond motifs is 1. The van der Waals surface area contributed by atoms with Gasteiger partial charge in [0.25, 0.3) is 0 Å². The molecule has 0 unspecified atom stereocenters. The van der Waals surface area contributed by atoms with Gasteiger partial charge in [-0.3, -0.25) is 4.79 Å². The summed E-state index contributed by atoms with van der Waals surface area (Å²) in [6.07, 6.45) is 3.74. The van der Waals surface area contributed by atoms with Crippen molar-refractivity contribution in [2.24, 2.45) is 0 Å². The SMILES string of the molecule is O=C(O)C[C@@H]1CCc2cc(OCCCNCc3nc(-c4ccc(F)cc4)ncc3F)ccc21. The molecule has 0 bridgehead atoms. The lowest BCUT2D eigenvalue weighted by Gasteiger charge is -2.11. The molecule has 0 fully saturated rings. The Bertz CT molecular complexity index is 1120. The Morgan fingerprint density at radius 3 is 2.79 bits per heavy atom. The Hall–Kier alpha value is -3.39. The van der Waals surface area contributed by atoms with Crippen molar-refractivity contribution in [2.45, 2.75) is 38.1 Å². The third-order valence-electron chi connectivity index (χ3n) is 5.72. The number of nitrogens with zero attached hydrogens (tertiary/aromatic N) is 2. The smallest absolute Gasteiger partial charge is 0.303 e. The van der Waals surface area contributed by atoms with Crippen molar-refractivity contribution in [1.29, 1.82) is 0 Å². The van der Waals surface area contributed by atoms with E-state index in [0.29, 0.717) is 24.5 Å². The normalized spacial score (nSPS) is 14.8. The van der Waals surface area contributed by atoms with Gasteiger partial charge < -0.3 is 15.2 Å². The molecule has 0 spiro atoms. The molecule has 1 aliphatic rings. The molecule has 3 aromatic rings. The highest BCUT2D eigenvalue weighted by atomic mass is 19.1. The van der Waals surface area contributed by atoms with Crippen molar-refractivity contribution >= 4 is 5.97 Å². The number of benzene rings is 2. The summed E-state index contributed by atoms with van der Waals surface area (Å²) >= 11 is 0.